The third-order valence-electron chi connectivity index (χ3n) is 4.53. The van der Waals surface area contributed by atoms with Crippen LogP contribution in [0.1, 0.15) is 11.1 Å². The lowest BCUT2D eigenvalue weighted by Crippen LogP contribution is -2.32. The summed E-state index contributed by atoms with van der Waals surface area (Å²) < 4.78 is 10.7. The molecular weight excluding hydrogens is 436 g/mol. The first-order chi connectivity index (χ1) is 16.4. The second-order valence-corrected chi connectivity index (χ2v) is 7.13. The van der Waals surface area contributed by atoms with Crippen molar-refractivity contribution in [1.29, 1.82) is 0 Å². The Labute approximate surface area is 196 Å². The third-order valence-corrected chi connectivity index (χ3v) is 4.53. The van der Waals surface area contributed by atoms with Crippen molar-refractivity contribution in [1.82, 2.24) is 5.43 Å². The molecule has 0 saturated carbocycles. The number of hydrogen-bond acceptors (Lipinski definition) is 6. The zero-order valence-electron chi connectivity index (χ0n) is 18.7. The van der Waals surface area contributed by atoms with Crippen LogP contribution < -0.4 is 25.5 Å². The van der Waals surface area contributed by atoms with Crippen LogP contribution in [-0.4, -0.2) is 37.7 Å². The Bertz CT molecular complexity index is 1170. The molecule has 174 valence electrons. The van der Waals surface area contributed by atoms with E-state index in [0.29, 0.717) is 28.4 Å². The Hall–Kier alpha value is -4.66. The van der Waals surface area contributed by atoms with Crippen LogP contribution in [0.4, 0.5) is 11.4 Å². The number of carbonyl (C=O) groups is 3. The van der Waals surface area contributed by atoms with Crippen molar-refractivity contribution in [3.63, 3.8) is 0 Å². The van der Waals surface area contributed by atoms with Gasteiger partial charge in [-0.1, -0.05) is 29.8 Å². The van der Waals surface area contributed by atoms with Crippen molar-refractivity contribution in [2.45, 2.75) is 6.92 Å². The van der Waals surface area contributed by atoms with Gasteiger partial charge in [0, 0.05) is 5.69 Å². The molecule has 0 aliphatic heterocycles. The molecule has 3 amide bonds. The van der Waals surface area contributed by atoms with Crippen molar-refractivity contribution in [2.75, 3.05) is 24.4 Å². The van der Waals surface area contributed by atoms with Crippen LogP contribution in [0.3, 0.4) is 0 Å². The highest BCUT2D eigenvalue weighted by Gasteiger charge is 2.12. The molecule has 3 aromatic rings. The average molecular weight is 460 g/mol. The molecule has 0 saturated heterocycles. The number of nitrogens with zero attached hydrogens (tertiary/aromatic N) is 1. The second-order valence-electron chi connectivity index (χ2n) is 7.13. The fraction of sp³-hybridized carbons (Fsp3) is 0.120. The number of anilines is 2. The number of hydrogen-bond donors (Lipinski definition) is 3. The van der Waals surface area contributed by atoms with Gasteiger partial charge in [0.15, 0.2) is 6.61 Å². The lowest BCUT2D eigenvalue weighted by molar-refractivity contribution is -0.136. The van der Waals surface area contributed by atoms with Gasteiger partial charge in [-0.25, -0.2) is 5.43 Å². The van der Waals surface area contributed by atoms with Crippen LogP contribution in [0.5, 0.6) is 11.5 Å². The van der Waals surface area contributed by atoms with Crippen LogP contribution >= 0.6 is 0 Å². The summed E-state index contributed by atoms with van der Waals surface area (Å²) in [5, 5.41) is 9.00. The Morgan fingerprint density at radius 3 is 2.29 bits per heavy atom. The molecule has 0 fully saturated rings. The van der Waals surface area contributed by atoms with E-state index in [1.807, 2.05) is 25.1 Å². The van der Waals surface area contributed by atoms with Crippen LogP contribution in [0.15, 0.2) is 77.9 Å². The summed E-state index contributed by atoms with van der Waals surface area (Å²) in [7, 11) is 1.53. The minimum absolute atomic E-state index is 0.183. The molecule has 3 rings (SSSR count). The maximum Gasteiger partial charge on any atom is 0.329 e. The number of rotatable bonds is 8. The van der Waals surface area contributed by atoms with E-state index in [2.05, 4.69) is 21.2 Å². The lowest BCUT2D eigenvalue weighted by atomic mass is 10.2. The maximum absolute atomic E-state index is 12.1. The van der Waals surface area contributed by atoms with Gasteiger partial charge in [-0.15, -0.1) is 0 Å². The number of aryl methyl sites for hydroxylation is 1. The number of nitrogens with one attached hydrogen (secondary N) is 3. The number of carbonyl (C=O) groups excluding carboxylic acids is 3. The van der Waals surface area contributed by atoms with Crippen LogP contribution in [-0.2, 0) is 14.4 Å². The highest BCUT2D eigenvalue weighted by Crippen LogP contribution is 2.22. The molecule has 3 N–H and O–H groups in total. The van der Waals surface area contributed by atoms with E-state index in [1.54, 1.807) is 54.6 Å². The van der Waals surface area contributed by atoms with E-state index in [0.717, 1.165) is 5.56 Å². The maximum atomic E-state index is 12.1. The summed E-state index contributed by atoms with van der Waals surface area (Å²) in [6.07, 6.45) is 1.38. The van der Waals surface area contributed by atoms with Crippen molar-refractivity contribution in [2.24, 2.45) is 5.10 Å². The predicted octanol–water partition coefficient (Wildman–Crippen LogP) is 3.11. The monoisotopic (exact) mass is 460 g/mol. The molecule has 0 aromatic heterocycles. The largest absolute Gasteiger partial charge is 0.495 e. The Morgan fingerprint density at radius 1 is 0.882 bits per heavy atom. The fourth-order valence-corrected chi connectivity index (χ4v) is 2.77. The number of hydrazone groups is 1. The smallest absolute Gasteiger partial charge is 0.329 e. The first kappa shape index (κ1) is 24.0. The van der Waals surface area contributed by atoms with Gasteiger partial charge in [0.1, 0.15) is 11.5 Å². The van der Waals surface area contributed by atoms with E-state index in [9.17, 15) is 14.4 Å². The van der Waals surface area contributed by atoms with Gasteiger partial charge in [-0.3, -0.25) is 14.4 Å². The number of para-hydroxylation sites is 2. The van der Waals surface area contributed by atoms with Gasteiger partial charge in [0.25, 0.3) is 5.91 Å². The standard InChI is InChI=1S/C25H24N4O5/c1-17-7-11-19(12-8-17)27-24(31)25(32)29-26-15-18-9-13-20(14-10-18)34-16-23(30)28-21-5-3-4-6-22(21)33-2/h3-15H,16H2,1-2H3,(H,27,31)(H,28,30)(H,29,32)/b26-15-. The van der Waals surface area contributed by atoms with Crippen LogP contribution in [0.25, 0.3) is 0 Å². The van der Waals surface area contributed by atoms with Crippen molar-refractivity contribution < 1.29 is 23.9 Å². The molecule has 0 atom stereocenters. The molecule has 9 heteroatoms. The Balaban J connectivity index is 1.43. The summed E-state index contributed by atoms with van der Waals surface area (Å²) in [5.74, 6) is -1.01. The van der Waals surface area contributed by atoms with E-state index in [1.165, 1.54) is 13.3 Å². The summed E-state index contributed by atoms with van der Waals surface area (Å²) in [6.45, 7) is 1.74. The predicted molar refractivity (Wildman–Crippen MR) is 129 cm³/mol. The first-order valence-corrected chi connectivity index (χ1v) is 10.3. The topological polar surface area (TPSA) is 118 Å². The molecule has 9 nitrogen and oxygen atoms in total. The zero-order valence-corrected chi connectivity index (χ0v) is 18.7. The van der Waals surface area contributed by atoms with Crippen molar-refractivity contribution >= 4 is 35.3 Å². The highest BCUT2D eigenvalue weighted by molar-refractivity contribution is 6.39. The van der Waals surface area contributed by atoms with Gasteiger partial charge < -0.3 is 20.1 Å². The molecule has 0 aliphatic carbocycles. The summed E-state index contributed by atoms with van der Waals surface area (Å²) in [5.41, 5.74) is 4.94. The average Bonchev–Trinajstić information content (AvgIpc) is 2.85. The number of benzene rings is 3. The molecule has 0 unspecified atom stereocenters. The van der Waals surface area contributed by atoms with E-state index >= 15 is 0 Å². The summed E-state index contributed by atoms with van der Waals surface area (Å²) >= 11 is 0. The molecule has 0 radical (unpaired) electrons. The highest BCUT2D eigenvalue weighted by atomic mass is 16.5. The molecule has 0 aliphatic rings. The number of amides is 3. The van der Waals surface area contributed by atoms with Gasteiger partial charge in [-0.2, -0.15) is 5.10 Å². The van der Waals surface area contributed by atoms with Gasteiger partial charge in [0.2, 0.25) is 0 Å². The Morgan fingerprint density at radius 2 is 1.59 bits per heavy atom. The minimum atomic E-state index is -0.891. The molecule has 0 heterocycles. The lowest BCUT2D eigenvalue weighted by Gasteiger charge is -2.10. The van der Waals surface area contributed by atoms with E-state index in [4.69, 9.17) is 9.47 Å². The molecule has 0 bridgehead atoms. The summed E-state index contributed by atoms with van der Waals surface area (Å²) in [6, 6.07) is 20.8. The van der Waals surface area contributed by atoms with Crippen molar-refractivity contribution in [3.8, 4) is 11.5 Å². The van der Waals surface area contributed by atoms with Crippen LogP contribution in [0, 0.1) is 6.92 Å². The van der Waals surface area contributed by atoms with Crippen molar-refractivity contribution in [3.05, 3.63) is 83.9 Å². The fourth-order valence-electron chi connectivity index (χ4n) is 2.77. The quantitative estimate of drug-likeness (QED) is 0.271. The SMILES string of the molecule is COc1ccccc1NC(=O)COc1ccc(/C=N\NC(=O)C(=O)Nc2ccc(C)cc2)cc1. The molecular formula is C25H24N4O5. The van der Waals surface area contributed by atoms with Gasteiger partial charge >= 0.3 is 11.8 Å². The molecule has 0 spiro atoms. The third kappa shape index (κ3) is 7.20. The summed E-state index contributed by atoms with van der Waals surface area (Å²) in [4.78, 5) is 35.9. The zero-order chi connectivity index (χ0) is 24.3. The normalized spacial score (nSPS) is 10.4. The van der Waals surface area contributed by atoms with Gasteiger partial charge in [0.05, 0.1) is 19.0 Å². The van der Waals surface area contributed by atoms with Gasteiger partial charge in [-0.05, 0) is 61.0 Å². The second kappa shape index (κ2) is 11.8. The van der Waals surface area contributed by atoms with E-state index in [-0.39, 0.29) is 12.5 Å². The Kier molecular flexibility index (Phi) is 8.34. The van der Waals surface area contributed by atoms with E-state index < -0.39 is 11.8 Å². The molecule has 3 aromatic carbocycles. The molecule has 34 heavy (non-hydrogen) atoms. The minimum Gasteiger partial charge on any atom is -0.495 e. The number of ether oxygens (including phenoxy) is 2. The van der Waals surface area contributed by atoms with Crippen LogP contribution in [0.2, 0.25) is 0 Å². The first-order valence-electron chi connectivity index (χ1n) is 10.3. The number of methoxy groups -OCH3 is 1.